The van der Waals surface area contributed by atoms with E-state index in [0.29, 0.717) is 0 Å². The molecule has 0 saturated heterocycles. The number of fused-ring (bicyclic) bond motifs is 1. The van der Waals surface area contributed by atoms with Crippen molar-refractivity contribution in [2.75, 3.05) is 0 Å². The van der Waals surface area contributed by atoms with Crippen molar-refractivity contribution in [2.45, 2.75) is 37.5 Å². The smallest absolute Gasteiger partial charge is 0.136 e. The summed E-state index contributed by atoms with van der Waals surface area (Å²) in [6.45, 7) is 1.97. The molecule has 1 aliphatic heterocycles. The van der Waals surface area contributed by atoms with Crippen LogP contribution in [0.15, 0.2) is 21.8 Å². The third-order valence-electron chi connectivity index (χ3n) is 2.39. The molecule has 0 amide bonds. The lowest BCUT2D eigenvalue weighted by Crippen LogP contribution is -2.18. The van der Waals surface area contributed by atoms with Crippen molar-refractivity contribution in [1.29, 1.82) is 0 Å². The summed E-state index contributed by atoms with van der Waals surface area (Å²) in [7, 11) is 0. The van der Waals surface area contributed by atoms with E-state index in [2.05, 4.69) is 22.6 Å². The molecule has 2 aliphatic rings. The summed E-state index contributed by atoms with van der Waals surface area (Å²) in [6, 6.07) is 0. The van der Waals surface area contributed by atoms with Gasteiger partial charge in [-0.15, -0.1) is 12.6 Å². The number of hydrogen-bond donors (Lipinski definition) is 1. The van der Waals surface area contributed by atoms with E-state index in [1.807, 2.05) is 13.1 Å². The molecule has 0 radical (unpaired) electrons. The van der Waals surface area contributed by atoms with E-state index in [4.69, 9.17) is 0 Å². The second kappa shape index (κ2) is 3.29. The maximum absolute atomic E-state index is 4.59. The zero-order valence-corrected chi connectivity index (χ0v) is 8.72. The summed E-state index contributed by atoms with van der Waals surface area (Å²) < 4.78 is 0. The molecule has 0 N–H and O–H groups in total. The second-order valence-electron chi connectivity index (χ2n) is 3.79. The van der Waals surface area contributed by atoms with Crippen LogP contribution in [0.2, 0.25) is 0 Å². The molecule has 3 heteroatoms. The van der Waals surface area contributed by atoms with Gasteiger partial charge in [0, 0.05) is 18.1 Å². The Morgan fingerprint density at radius 1 is 1.38 bits per heavy atom. The van der Waals surface area contributed by atoms with Crippen molar-refractivity contribution in [2.24, 2.45) is 9.98 Å². The number of hydrogen-bond acceptors (Lipinski definition) is 3. The molecule has 1 aliphatic carbocycles. The van der Waals surface area contributed by atoms with Crippen LogP contribution in [-0.2, 0) is 0 Å². The highest BCUT2D eigenvalue weighted by Crippen LogP contribution is 2.26. The molecule has 70 valence electrons. The number of nitrogens with zero attached hydrogens (tertiary/aromatic N) is 2. The third-order valence-corrected chi connectivity index (χ3v) is 2.61. The van der Waals surface area contributed by atoms with Gasteiger partial charge in [-0.25, -0.2) is 0 Å². The minimum absolute atomic E-state index is 0.412. The minimum Gasteiger partial charge on any atom is -0.267 e. The van der Waals surface area contributed by atoms with Gasteiger partial charge in [0.15, 0.2) is 0 Å². The molecule has 2 rings (SSSR count). The largest absolute Gasteiger partial charge is 0.267 e. The summed E-state index contributed by atoms with van der Waals surface area (Å²) in [4.78, 5) is 8.41. The summed E-state index contributed by atoms with van der Waals surface area (Å²) in [5.41, 5.74) is 2.52. The van der Waals surface area contributed by atoms with Gasteiger partial charge in [0.05, 0.1) is 0 Å². The first-order chi connectivity index (χ1) is 6.17. The highest BCUT2D eigenvalue weighted by molar-refractivity contribution is 7.82. The van der Waals surface area contributed by atoms with Gasteiger partial charge in [0.25, 0.3) is 0 Å². The quantitative estimate of drug-likeness (QED) is 0.573. The van der Waals surface area contributed by atoms with Crippen molar-refractivity contribution < 1.29 is 0 Å². The molecule has 1 atom stereocenters. The van der Waals surface area contributed by atoms with Crippen LogP contribution in [0.4, 0.5) is 0 Å². The summed E-state index contributed by atoms with van der Waals surface area (Å²) in [5, 5.41) is 0. The first-order valence-corrected chi connectivity index (χ1v) is 5.17. The first kappa shape index (κ1) is 9.00. The highest BCUT2D eigenvalue weighted by atomic mass is 32.1. The molecule has 13 heavy (non-hydrogen) atoms. The number of aliphatic imine (C=N–C) groups is 2. The minimum atomic E-state index is -0.412. The van der Waals surface area contributed by atoms with Crippen molar-refractivity contribution in [3.8, 4) is 0 Å². The highest BCUT2D eigenvalue weighted by Gasteiger charge is 2.21. The Labute approximate surface area is 84.3 Å². The number of thiol groups is 1. The summed E-state index contributed by atoms with van der Waals surface area (Å²) in [6.07, 6.45) is 8.48. The zero-order chi connectivity index (χ0) is 9.31. The molecule has 0 aromatic heterocycles. The average Bonchev–Trinajstić information content (AvgIpc) is 2.21. The molecule has 0 aromatic carbocycles. The van der Waals surface area contributed by atoms with Gasteiger partial charge in [-0.2, -0.15) is 0 Å². The molecule has 1 saturated carbocycles. The monoisotopic (exact) mass is 194 g/mol. The maximum Gasteiger partial charge on any atom is 0.136 e. The normalized spacial score (nSPS) is 33.1. The Kier molecular flexibility index (Phi) is 2.28. The van der Waals surface area contributed by atoms with Gasteiger partial charge < -0.3 is 0 Å². The van der Waals surface area contributed by atoms with Crippen molar-refractivity contribution in [3.05, 3.63) is 11.8 Å². The van der Waals surface area contributed by atoms with E-state index in [0.717, 1.165) is 12.8 Å². The van der Waals surface area contributed by atoms with Crippen LogP contribution in [-0.4, -0.2) is 16.8 Å². The molecule has 2 nitrogen and oxygen atoms in total. The molecule has 0 bridgehead atoms. The predicted octanol–water partition coefficient (Wildman–Crippen LogP) is 2.62. The van der Waals surface area contributed by atoms with Crippen LogP contribution < -0.4 is 0 Å². The van der Waals surface area contributed by atoms with Gasteiger partial charge in [-0.05, 0) is 38.2 Å². The van der Waals surface area contributed by atoms with Crippen molar-refractivity contribution in [3.63, 3.8) is 0 Å². The van der Waals surface area contributed by atoms with E-state index in [1.165, 1.54) is 24.1 Å². The lowest BCUT2D eigenvalue weighted by atomic mass is 9.93. The van der Waals surface area contributed by atoms with Gasteiger partial charge >= 0.3 is 0 Å². The van der Waals surface area contributed by atoms with Crippen molar-refractivity contribution >= 4 is 24.6 Å². The topological polar surface area (TPSA) is 24.7 Å². The van der Waals surface area contributed by atoms with Gasteiger partial charge in [0.2, 0.25) is 0 Å². The first-order valence-electron chi connectivity index (χ1n) is 4.72. The Morgan fingerprint density at radius 2 is 2.15 bits per heavy atom. The van der Waals surface area contributed by atoms with Gasteiger partial charge in [-0.1, -0.05) is 0 Å². The van der Waals surface area contributed by atoms with Crippen LogP contribution in [0.5, 0.6) is 0 Å². The molecular weight excluding hydrogens is 180 g/mol. The SMILES string of the molecule is CC1(S)C=NC=C2CCCCC2=N1. The fourth-order valence-electron chi connectivity index (χ4n) is 1.75. The van der Waals surface area contributed by atoms with Gasteiger partial charge in [-0.3, -0.25) is 9.98 Å². The Hall–Kier alpha value is -0.570. The van der Waals surface area contributed by atoms with Gasteiger partial charge in [0.1, 0.15) is 4.87 Å². The Morgan fingerprint density at radius 3 is 3.00 bits per heavy atom. The fraction of sp³-hybridized carbons (Fsp3) is 0.600. The second-order valence-corrected chi connectivity index (χ2v) is 4.70. The van der Waals surface area contributed by atoms with E-state index in [9.17, 15) is 0 Å². The van der Waals surface area contributed by atoms with Crippen LogP contribution >= 0.6 is 12.6 Å². The van der Waals surface area contributed by atoms with Crippen molar-refractivity contribution in [1.82, 2.24) is 0 Å². The number of allylic oxidation sites excluding steroid dienone is 1. The van der Waals surface area contributed by atoms with E-state index < -0.39 is 4.87 Å². The summed E-state index contributed by atoms with van der Waals surface area (Å²) >= 11 is 4.43. The summed E-state index contributed by atoms with van der Waals surface area (Å²) in [5.74, 6) is 0. The van der Waals surface area contributed by atoms with Crippen LogP contribution in [0, 0.1) is 0 Å². The molecule has 1 unspecified atom stereocenters. The lowest BCUT2D eigenvalue weighted by molar-refractivity contribution is 0.726. The third kappa shape index (κ3) is 2.02. The van der Waals surface area contributed by atoms with Crippen LogP contribution in [0.25, 0.3) is 0 Å². The predicted molar refractivity (Wildman–Crippen MR) is 59.9 cm³/mol. The molecular formula is C10H14N2S. The zero-order valence-electron chi connectivity index (χ0n) is 7.82. The average molecular weight is 194 g/mol. The van der Waals surface area contributed by atoms with Crippen LogP contribution in [0.1, 0.15) is 32.6 Å². The molecule has 0 aromatic rings. The Balaban J connectivity index is 2.34. The molecule has 1 fully saturated rings. The molecule has 0 spiro atoms. The number of rotatable bonds is 0. The molecule has 1 heterocycles. The standard InChI is InChI=1S/C10H14N2S/c1-10(13)7-11-6-8-4-2-3-5-9(8)12-10/h6-7,13H,2-5H2,1H3. The Bertz CT molecular complexity index is 300. The van der Waals surface area contributed by atoms with E-state index >= 15 is 0 Å². The van der Waals surface area contributed by atoms with E-state index in [-0.39, 0.29) is 0 Å². The lowest BCUT2D eigenvalue weighted by Gasteiger charge is -2.18. The van der Waals surface area contributed by atoms with Crippen LogP contribution in [0.3, 0.4) is 0 Å². The fourth-order valence-corrected chi connectivity index (χ4v) is 1.94. The maximum atomic E-state index is 4.59. The van der Waals surface area contributed by atoms with E-state index in [1.54, 1.807) is 6.21 Å².